The van der Waals surface area contributed by atoms with Crippen LogP contribution in [-0.2, 0) is 7.05 Å². The number of fused-ring (bicyclic) bond motifs is 3. The molecule has 0 aliphatic heterocycles. The average Bonchev–Trinajstić information content (AvgIpc) is 2.76. The van der Waals surface area contributed by atoms with Gasteiger partial charge in [0.25, 0.3) is 0 Å². The van der Waals surface area contributed by atoms with E-state index in [1.54, 1.807) is 17.7 Å². The molecule has 3 rings (SSSR count). The summed E-state index contributed by atoms with van der Waals surface area (Å²) in [5.74, 6) is -0.946. The van der Waals surface area contributed by atoms with E-state index in [0.29, 0.717) is 5.71 Å². The highest BCUT2D eigenvalue weighted by atomic mass is 16.4. The second-order valence-corrected chi connectivity index (χ2v) is 3.71. The lowest BCUT2D eigenvalue weighted by Gasteiger charge is -1.95. The van der Waals surface area contributed by atoms with E-state index in [0.717, 1.165) is 16.4 Å². The lowest BCUT2D eigenvalue weighted by atomic mass is 10.2. The molecule has 4 heteroatoms. The highest BCUT2D eigenvalue weighted by molar-refractivity contribution is 6.07. The van der Waals surface area contributed by atoms with Crippen molar-refractivity contribution in [3.63, 3.8) is 0 Å². The van der Waals surface area contributed by atoms with Gasteiger partial charge in [0.1, 0.15) is 11.3 Å². The number of aromatic carboxylic acids is 1. The van der Waals surface area contributed by atoms with E-state index in [1.807, 2.05) is 24.3 Å². The van der Waals surface area contributed by atoms with Crippen molar-refractivity contribution in [3.05, 3.63) is 36.0 Å². The number of aromatic nitrogens is 1. The molecule has 1 N–H and O–H groups in total. The summed E-state index contributed by atoms with van der Waals surface area (Å²) in [5, 5.41) is 10.8. The maximum absolute atomic E-state index is 11.0. The summed E-state index contributed by atoms with van der Waals surface area (Å²) >= 11 is 0. The first kappa shape index (κ1) is 9.03. The van der Waals surface area contributed by atoms with E-state index < -0.39 is 5.97 Å². The first-order chi connectivity index (χ1) is 7.68. The fraction of sp³-hybridized carbons (Fsp3) is 0.0833. The van der Waals surface area contributed by atoms with Crippen LogP contribution in [0.15, 0.2) is 34.7 Å². The molecule has 0 saturated heterocycles. The summed E-state index contributed by atoms with van der Waals surface area (Å²) < 4.78 is 7.17. The van der Waals surface area contributed by atoms with E-state index in [2.05, 4.69) is 0 Å². The number of furan rings is 1. The number of carboxylic acid groups (broad SMARTS) is 1. The lowest BCUT2D eigenvalue weighted by molar-refractivity contribution is 0.0686. The predicted octanol–water partition coefficient (Wildman–Crippen LogP) is 2.62. The molecule has 0 atom stereocenters. The highest BCUT2D eigenvalue weighted by Crippen LogP contribution is 2.30. The van der Waals surface area contributed by atoms with Crippen LogP contribution < -0.4 is 0 Å². The average molecular weight is 215 g/mol. The van der Waals surface area contributed by atoms with Crippen LogP contribution in [-0.4, -0.2) is 15.6 Å². The molecule has 4 nitrogen and oxygen atoms in total. The Morgan fingerprint density at radius 2 is 2.06 bits per heavy atom. The third-order valence-electron chi connectivity index (χ3n) is 2.78. The van der Waals surface area contributed by atoms with Gasteiger partial charge in [0, 0.05) is 17.8 Å². The molecular weight excluding hydrogens is 206 g/mol. The zero-order valence-electron chi connectivity index (χ0n) is 8.60. The Labute approximate surface area is 90.7 Å². The van der Waals surface area contributed by atoms with Crippen LogP contribution in [0, 0.1) is 0 Å². The molecule has 0 fully saturated rings. The minimum Gasteiger partial charge on any atom is -0.477 e. The van der Waals surface area contributed by atoms with Gasteiger partial charge in [0.2, 0.25) is 5.71 Å². The minimum atomic E-state index is -0.946. The van der Waals surface area contributed by atoms with E-state index in [4.69, 9.17) is 9.52 Å². The van der Waals surface area contributed by atoms with Crippen LogP contribution in [0.3, 0.4) is 0 Å². The van der Waals surface area contributed by atoms with Crippen molar-refractivity contribution in [2.45, 2.75) is 0 Å². The third-order valence-corrected chi connectivity index (χ3v) is 2.78. The van der Waals surface area contributed by atoms with Crippen LogP contribution in [0.1, 0.15) is 10.5 Å². The summed E-state index contributed by atoms with van der Waals surface area (Å²) in [6.45, 7) is 0. The van der Waals surface area contributed by atoms with Crippen molar-refractivity contribution in [2.75, 3.05) is 0 Å². The molecule has 2 heterocycles. The van der Waals surface area contributed by atoms with Gasteiger partial charge < -0.3 is 14.1 Å². The predicted molar refractivity (Wildman–Crippen MR) is 59.7 cm³/mol. The molecule has 0 spiro atoms. The molecule has 0 saturated carbocycles. The number of rotatable bonds is 1. The van der Waals surface area contributed by atoms with Crippen molar-refractivity contribution in [1.82, 2.24) is 4.57 Å². The van der Waals surface area contributed by atoms with Gasteiger partial charge in [0.05, 0.1) is 0 Å². The second-order valence-electron chi connectivity index (χ2n) is 3.71. The van der Waals surface area contributed by atoms with Gasteiger partial charge in [-0.3, -0.25) is 0 Å². The molecule has 0 aliphatic carbocycles. The minimum absolute atomic E-state index is 0.236. The quantitative estimate of drug-likeness (QED) is 0.678. The van der Waals surface area contributed by atoms with Crippen LogP contribution >= 0.6 is 0 Å². The smallest absolute Gasteiger partial charge is 0.352 e. The Bertz CT molecular complexity index is 706. The van der Waals surface area contributed by atoms with Gasteiger partial charge in [0.15, 0.2) is 0 Å². The highest BCUT2D eigenvalue weighted by Gasteiger charge is 2.17. The topological polar surface area (TPSA) is 55.4 Å². The monoisotopic (exact) mass is 215 g/mol. The molecular formula is C12H9NO3. The maximum atomic E-state index is 11.0. The van der Waals surface area contributed by atoms with E-state index >= 15 is 0 Å². The number of carbonyl (C=O) groups is 1. The Kier molecular flexibility index (Phi) is 1.63. The zero-order chi connectivity index (χ0) is 11.3. The second kappa shape index (κ2) is 2.88. The SMILES string of the molecule is Cn1c(C(=O)O)cc2c3ccccc3oc21. The molecule has 80 valence electrons. The van der Waals surface area contributed by atoms with Crippen molar-refractivity contribution in [1.29, 1.82) is 0 Å². The van der Waals surface area contributed by atoms with E-state index in [-0.39, 0.29) is 5.69 Å². The molecule has 0 amide bonds. The van der Waals surface area contributed by atoms with Gasteiger partial charge >= 0.3 is 5.97 Å². The molecule has 1 aromatic carbocycles. The summed E-state index contributed by atoms with van der Waals surface area (Å²) in [5.41, 5.74) is 1.61. The number of para-hydroxylation sites is 1. The molecule has 3 aromatic rings. The molecule has 0 aliphatic rings. The maximum Gasteiger partial charge on any atom is 0.352 e. The van der Waals surface area contributed by atoms with Gasteiger partial charge in [-0.15, -0.1) is 0 Å². The Hall–Kier alpha value is -2.23. The lowest BCUT2D eigenvalue weighted by Crippen LogP contribution is -2.03. The largest absolute Gasteiger partial charge is 0.477 e. The number of hydrogen-bond donors (Lipinski definition) is 1. The molecule has 0 bridgehead atoms. The van der Waals surface area contributed by atoms with E-state index in [9.17, 15) is 4.79 Å². The number of nitrogens with zero attached hydrogens (tertiary/aromatic N) is 1. The summed E-state index contributed by atoms with van der Waals surface area (Å²) in [7, 11) is 1.69. The Morgan fingerprint density at radius 1 is 1.31 bits per heavy atom. The first-order valence-corrected chi connectivity index (χ1v) is 4.89. The van der Waals surface area contributed by atoms with Crippen molar-refractivity contribution in [3.8, 4) is 0 Å². The van der Waals surface area contributed by atoms with Crippen LogP contribution in [0.2, 0.25) is 0 Å². The first-order valence-electron chi connectivity index (χ1n) is 4.89. The van der Waals surface area contributed by atoms with E-state index in [1.165, 1.54) is 0 Å². The summed E-state index contributed by atoms with van der Waals surface area (Å²) in [4.78, 5) is 11.0. The van der Waals surface area contributed by atoms with Gasteiger partial charge in [-0.25, -0.2) is 4.79 Å². The van der Waals surface area contributed by atoms with Crippen molar-refractivity contribution >= 4 is 28.0 Å². The molecule has 0 unspecified atom stereocenters. The summed E-state index contributed by atoms with van der Waals surface area (Å²) in [6, 6.07) is 9.24. The molecule has 2 aromatic heterocycles. The normalized spacial score (nSPS) is 11.3. The van der Waals surface area contributed by atoms with Crippen LogP contribution in [0.5, 0.6) is 0 Å². The fourth-order valence-corrected chi connectivity index (χ4v) is 1.99. The zero-order valence-corrected chi connectivity index (χ0v) is 8.60. The van der Waals surface area contributed by atoms with Gasteiger partial charge in [-0.1, -0.05) is 18.2 Å². The Morgan fingerprint density at radius 3 is 2.81 bits per heavy atom. The Balaban J connectivity index is 2.48. The standard InChI is InChI=1S/C12H9NO3/c1-13-9(12(14)15)6-8-7-4-2-3-5-10(7)16-11(8)13/h2-6H,1H3,(H,14,15). The molecule has 16 heavy (non-hydrogen) atoms. The van der Waals surface area contributed by atoms with Crippen molar-refractivity contribution < 1.29 is 14.3 Å². The number of carboxylic acids is 1. The number of aryl methyl sites for hydroxylation is 1. The number of benzene rings is 1. The van der Waals surface area contributed by atoms with Crippen molar-refractivity contribution in [2.24, 2.45) is 7.05 Å². The van der Waals surface area contributed by atoms with Gasteiger partial charge in [-0.05, 0) is 12.1 Å². The van der Waals surface area contributed by atoms with Crippen LogP contribution in [0.25, 0.3) is 22.1 Å². The molecule has 0 radical (unpaired) electrons. The van der Waals surface area contributed by atoms with Crippen LogP contribution in [0.4, 0.5) is 0 Å². The number of hydrogen-bond acceptors (Lipinski definition) is 2. The third kappa shape index (κ3) is 1.01. The summed E-state index contributed by atoms with van der Waals surface area (Å²) in [6.07, 6.45) is 0. The van der Waals surface area contributed by atoms with Gasteiger partial charge in [-0.2, -0.15) is 0 Å². The fourth-order valence-electron chi connectivity index (χ4n) is 1.99.